The van der Waals surface area contributed by atoms with Crippen molar-refractivity contribution in [1.29, 1.82) is 0 Å². The smallest absolute Gasteiger partial charge is 0.256 e. The number of carbonyl (C=O) groups is 2. The molecule has 2 amide bonds. The molecule has 112 valence electrons. The lowest BCUT2D eigenvalue weighted by Gasteiger charge is -2.28. The number of para-hydroxylation sites is 1. The Morgan fingerprint density at radius 3 is 2.81 bits per heavy atom. The molecular formula is C16H20N2O3. The second-order valence-electron chi connectivity index (χ2n) is 5.64. The second-order valence-corrected chi connectivity index (χ2v) is 5.64. The van der Waals surface area contributed by atoms with Crippen LogP contribution < -0.4 is 4.90 Å². The van der Waals surface area contributed by atoms with Gasteiger partial charge in [-0.25, -0.2) is 0 Å². The standard InChI is InChI=1S/C16H20N2O3/c1-17-14-8-3-2-7-13(14)16(20)18(11-15(17)19)10-12-6-4-5-9-21-12/h2-3,7-8,12H,4-6,9-11H2,1H3/t12-/m0/s1. The van der Waals surface area contributed by atoms with E-state index in [0.29, 0.717) is 17.8 Å². The molecule has 21 heavy (non-hydrogen) atoms. The molecule has 0 aliphatic carbocycles. The molecule has 1 atom stereocenters. The molecule has 5 nitrogen and oxygen atoms in total. The van der Waals surface area contributed by atoms with E-state index in [-0.39, 0.29) is 24.5 Å². The summed E-state index contributed by atoms with van der Waals surface area (Å²) in [4.78, 5) is 28.1. The van der Waals surface area contributed by atoms with Crippen molar-refractivity contribution in [2.75, 3.05) is 31.6 Å². The predicted molar refractivity (Wildman–Crippen MR) is 79.3 cm³/mol. The van der Waals surface area contributed by atoms with E-state index in [0.717, 1.165) is 25.9 Å². The number of benzene rings is 1. The first kappa shape index (κ1) is 14.1. The van der Waals surface area contributed by atoms with E-state index in [1.807, 2.05) is 18.2 Å². The van der Waals surface area contributed by atoms with Gasteiger partial charge in [0.15, 0.2) is 0 Å². The van der Waals surface area contributed by atoms with Crippen molar-refractivity contribution in [3.05, 3.63) is 29.8 Å². The van der Waals surface area contributed by atoms with Gasteiger partial charge in [0.25, 0.3) is 5.91 Å². The number of anilines is 1. The Balaban J connectivity index is 1.85. The Morgan fingerprint density at radius 2 is 2.05 bits per heavy atom. The topological polar surface area (TPSA) is 49.9 Å². The monoisotopic (exact) mass is 288 g/mol. The van der Waals surface area contributed by atoms with Gasteiger partial charge in [0, 0.05) is 20.2 Å². The molecule has 1 fully saturated rings. The number of nitrogens with zero attached hydrogens (tertiary/aromatic N) is 2. The van der Waals surface area contributed by atoms with Crippen LogP contribution in [0.2, 0.25) is 0 Å². The van der Waals surface area contributed by atoms with Crippen LogP contribution in [0.25, 0.3) is 0 Å². The van der Waals surface area contributed by atoms with E-state index in [4.69, 9.17) is 4.74 Å². The summed E-state index contributed by atoms with van der Waals surface area (Å²) in [5.41, 5.74) is 1.27. The highest BCUT2D eigenvalue weighted by Gasteiger charge is 2.31. The van der Waals surface area contributed by atoms with Crippen LogP contribution in [0.3, 0.4) is 0 Å². The summed E-state index contributed by atoms with van der Waals surface area (Å²) < 4.78 is 5.70. The van der Waals surface area contributed by atoms with Gasteiger partial charge >= 0.3 is 0 Å². The van der Waals surface area contributed by atoms with E-state index < -0.39 is 0 Å². The molecule has 2 aliphatic rings. The Hall–Kier alpha value is -1.88. The number of amides is 2. The maximum Gasteiger partial charge on any atom is 0.256 e. The van der Waals surface area contributed by atoms with Crippen molar-refractivity contribution in [1.82, 2.24) is 4.90 Å². The van der Waals surface area contributed by atoms with E-state index in [2.05, 4.69) is 0 Å². The van der Waals surface area contributed by atoms with E-state index in [1.54, 1.807) is 22.9 Å². The van der Waals surface area contributed by atoms with Crippen molar-refractivity contribution in [2.45, 2.75) is 25.4 Å². The molecule has 5 heteroatoms. The normalized spacial score (nSPS) is 23.0. The van der Waals surface area contributed by atoms with Gasteiger partial charge < -0.3 is 14.5 Å². The predicted octanol–water partition coefficient (Wildman–Crippen LogP) is 1.67. The average molecular weight is 288 g/mol. The Kier molecular flexibility index (Phi) is 3.92. The summed E-state index contributed by atoms with van der Waals surface area (Å²) in [6, 6.07) is 7.26. The van der Waals surface area contributed by atoms with E-state index >= 15 is 0 Å². The molecule has 0 bridgehead atoms. The van der Waals surface area contributed by atoms with Crippen molar-refractivity contribution < 1.29 is 14.3 Å². The van der Waals surface area contributed by atoms with Gasteiger partial charge in [-0.2, -0.15) is 0 Å². The highest BCUT2D eigenvalue weighted by atomic mass is 16.5. The summed E-state index contributed by atoms with van der Waals surface area (Å²) in [6.07, 6.45) is 3.20. The molecule has 2 aliphatic heterocycles. The molecule has 3 rings (SSSR count). The van der Waals surface area contributed by atoms with Gasteiger partial charge in [-0.1, -0.05) is 12.1 Å². The first-order chi connectivity index (χ1) is 10.2. The summed E-state index contributed by atoms with van der Waals surface area (Å²) in [5.74, 6) is -0.151. The van der Waals surface area contributed by atoms with Crippen LogP contribution in [0.15, 0.2) is 24.3 Å². The Labute approximate surface area is 124 Å². The Bertz CT molecular complexity index is 552. The van der Waals surface area contributed by atoms with E-state index in [9.17, 15) is 9.59 Å². The zero-order valence-corrected chi connectivity index (χ0v) is 12.2. The van der Waals surface area contributed by atoms with Crippen LogP contribution in [0, 0.1) is 0 Å². The third kappa shape index (κ3) is 2.78. The summed E-state index contributed by atoms with van der Waals surface area (Å²) in [6.45, 7) is 1.35. The van der Waals surface area contributed by atoms with Crippen molar-refractivity contribution >= 4 is 17.5 Å². The minimum absolute atomic E-state index is 0.0473. The minimum atomic E-state index is -0.0857. The van der Waals surface area contributed by atoms with Gasteiger partial charge in [0.05, 0.1) is 17.4 Å². The molecule has 0 radical (unpaired) electrons. The number of carbonyl (C=O) groups excluding carboxylic acids is 2. The fourth-order valence-corrected chi connectivity index (χ4v) is 2.94. The SMILES string of the molecule is CN1C(=O)CN(C[C@@H]2CCCCO2)C(=O)c2ccccc21. The first-order valence-corrected chi connectivity index (χ1v) is 7.43. The van der Waals surface area contributed by atoms with Gasteiger partial charge in [0.2, 0.25) is 5.91 Å². The van der Waals surface area contributed by atoms with Crippen LogP contribution in [-0.2, 0) is 9.53 Å². The molecule has 0 aromatic heterocycles. The van der Waals surface area contributed by atoms with Crippen LogP contribution in [0.4, 0.5) is 5.69 Å². The maximum atomic E-state index is 12.7. The summed E-state index contributed by atoms with van der Waals surface area (Å²) >= 11 is 0. The van der Waals surface area contributed by atoms with Crippen molar-refractivity contribution in [2.24, 2.45) is 0 Å². The number of hydrogen-bond acceptors (Lipinski definition) is 3. The molecule has 2 heterocycles. The Morgan fingerprint density at radius 1 is 1.24 bits per heavy atom. The molecule has 0 N–H and O–H groups in total. The molecule has 1 aromatic rings. The number of likely N-dealkylation sites (N-methyl/N-ethyl adjacent to an activating group) is 1. The van der Waals surface area contributed by atoms with Crippen molar-refractivity contribution in [3.63, 3.8) is 0 Å². The zero-order valence-electron chi connectivity index (χ0n) is 12.2. The number of hydrogen-bond donors (Lipinski definition) is 0. The van der Waals surface area contributed by atoms with Gasteiger partial charge in [-0.15, -0.1) is 0 Å². The lowest BCUT2D eigenvalue weighted by molar-refractivity contribution is -0.119. The van der Waals surface area contributed by atoms with Crippen molar-refractivity contribution in [3.8, 4) is 0 Å². The molecule has 1 saturated heterocycles. The van der Waals surface area contributed by atoms with Gasteiger partial charge in [-0.3, -0.25) is 9.59 Å². The van der Waals surface area contributed by atoms with Crippen LogP contribution in [0.5, 0.6) is 0 Å². The molecule has 0 unspecified atom stereocenters. The largest absolute Gasteiger partial charge is 0.376 e. The average Bonchev–Trinajstić information content (AvgIpc) is 2.61. The quantitative estimate of drug-likeness (QED) is 0.832. The molecule has 0 spiro atoms. The third-order valence-electron chi connectivity index (χ3n) is 4.18. The lowest BCUT2D eigenvalue weighted by Crippen LogP contribution is -2.43. The third-order valence-corrected chi connectivity index (χ3v) is 4.18. The second kappa shape index (κ2) is 5.85. The van der Waals surface area contributed by atoms with Crippen LogP contribution in [-0.4, -0.2) is 49.6 Å². The number of rotatable bonds is 2. The summed E-state index contributed by atoms with van der Waals surface area (Å²) in [5, 5.41) is 0. The lowest BCUT2D eigenvalue weighted by atomic mass is 10.1. The number of fused-ring (bicyclic) bond motifs is 1. The summed E-state index contributed by atoms with van der Waals surface area (Å²) in [7, 11) is 1.72. The van der Waals surface area contributed by atoms with Gasteiger partial charge in [-0.05, 0) is 31.4 Å². The zero-order chi connectivity index (χ0) is 14.8. The number of ether oxygens (including phenoxy) is 1. The molecular weight excluding hydrogens is 268 g/mol. The van der Waals surface area contributed by atoms with Gasteiger partial charge in [0.1, 0.15) is 6.54 Å². The van der Waals surface area contributed by atoms with E-state index in [1.165, 1.54) is 0 Å². The maximum absolute atomic E-state index is 12.7. The highest BCUT2D eigenvalue weighted by Crippen LogP contribution is 2.25. The highest BCUT2D eigenvalue weighted by molar-refractivity contribution is 6.09. The first-order valence-electron chi connectivity index (χ1n) is 7.43. The molecule has 0 saturated carbocycles. The fourth-order valence-electron chi connectivity index (χ4n) is 2.94. The van der Waals surface area contributed by atoms with Crippen LogP contribution >= 0.6 is 0 Å². The minimum Gasteiger partial charge on any atom is -0.376 e. The molecule has 1 aromatic carbocycles. The van der Waals surface area contributed by atoms with Crippen LogP contribution in [0.1, 0.15) is 29.6 Å². The fraction of sp³-hybridized carbons (Fsp3) is 0.500.